The lowest BCUT2D eigenvalue weighted by Gasteiger charge is -2.13. The van der Waals surface area contributed by atoms with E-state index in [9.17, 15) is 4.79 Å². The summed E-state index contributed by atoms with van der Waals surface area (Å²) < 4.78 is 0. The van der Waals surface area contributed by atoms with E-state index in [-0.39, 0.29) is 11.8 Å². The van der Waals surface area contributed by atoms with E-state index in [1.165, 1.54) is 4.90 Å². The van der Waals surface area contributed by atoms with E-state index in [0.717, 1.165) is 25.4 Å². The van der Waals surface area contributed by atoms with Crippen LogP contribution in [0.4, 0.5) is 0 Å². The van der Waals surface area contributed by atoms with Gasteiger partial charge in [0.05, 0.1) is 5.92 Å². The summed E-state index contributed by atoms with van der Waals surface area (Å²) in [6.07, 6.45) is 0. The van der Waals surface area contributed by atoms with Crippen LogP contribution in [-0.4, -0.2) is 31.3 Å². The van der Waals surface area contributed by atoms with Crippen LogP contribution in [0.2, 0.25) is 0 Å². The van der Waals surface area contributed by atoms with Crippen LogP contribution >= 0.6 is 11.8 Å². The van der Waals surface area contributed by atoms with Crippen molar-refractivity contribution in [3.63, 3.8) is 0 Å². The van der Waals surface area contributed by atoms with E-state index in [4.69, 9.17) is 0 Å². The first-order chi connectivity index (χ1) is 8.77. The largest absolute Gasteiger partial charge is 0.355 e. The molecule has 3 nitrogen and oxygen atoms in total. The standard InChI is InChI=1S/C14H20N2OS/c1-11-9-15-10-13(11)14(17)16-7-8-18-12-5-3-2-4-6-12/h2-6,11,13,15H,7-10H2,1H3,(H,16,17). The van der Waals surface area contributed by atoms with E-state index in [1.54, 1.807) is 11.8 Å². The molecular formula is C14H20N2OS. The Morgan fingerprint density at radius 3 is 2.83 bits per heavy atom. The van der Waals surface area contributed by atoms with Crippen LogP contribution in [-0.2, 0) is 4.79 Å². The zero-order valence-corrected chi connectivity index (χ0v) is 11.5. The van der Waals surface area contributed by atoms with Gasteiger partial charge in [-0.15, -0.1) is 11.8 Å². The maximum atomic E-state index is 11.9. The van der Waals surface area contributed by atoms with E-state index < -0.39 is 0 Å². The van der Waals surface area contributed by atoms with Crippen LogP contribution in [0.3, 0.4) is 0 Å². The zero-order chi connectivity index (χ0) is 12.8. The number of carbonyl (C=O) groups excluding carboxylic acids is 1. The van der Waals surface area contributed by atoms with Crippen molar-refractivity contribution in [2.24, 2.45) is 11.8 Å². The van der Waals surface area contributed by atoms with Gasteiger partial charge in [-0.05, 0) is 24.6 Å². The first kappa shape index (κ1) is 13.4. The molecule has 18 heavy (non-hydrogen) atoms. The van der Waals surface area contributed by atoms with Crippen molar-refractivity contribution in [3.8, 4) is 0 Å². The molecule has 1 aromatic carbocycles. The molecular weight excluding hydrogens is 244 g/mol. The van der Waals surface area contributed by atoms with Crippen LogP contribution in [0.25, 0.3) is 0 Å². The van der Waals surface area contributed by atoms with Gasteiger partial charge >= 0.3 is 0 Å². The number of carbonyl (C=O) groups is 1. The van der Waals surface area contributed by atoms with Crippen molar-refractivity contribution in [1.82, 2.24) is 10.6 Å². The van der Waals surface area contributed by atoms with Gasteiger partial charge in [0, 0.05) is 23.7 Å². The molecule has 1 aromatic rings. The first-order valence-electron chi connectivity index (χ1n) is 6.43. The molecule has 0 aromatic heterocycles. The zero-order valence-electron chi connectivity index (χ0n) is 10.7. The van der Waals surface area contributed by atoms with E-state index >= 15 is 0 Å². The molecule has 2 N–H and O–H groups in total. The molecule has 1 fully saturated rings. The van der Waals surface area contributed by atoms with Crippen molar-refractivity contribution in [3.05, 3.63) is 30.3 Å². The number of thioether (sulfide) groups is 1. The molecule has 0 saturated carbocycles. The highest BCUT2D eigenvalue weighted by Crippen LogP contribution is 2.17. The molecule has 4 heteroatoms. The molecule has 0 spiro atoms. The molecule has 0 bridgehead atoms. The van der Waals surface area contributed by atoms with Crippen molar-refractivity contribution in [2.75, 3.05) is 25.4 Å². The molecule has 2 rings (SSSR count). The van der Waals surface area contributed by atoms with Crippen LogP contribution in [0.15, 0.2) is 35.2 Å². The Labute approximate surface area is 113 Å². The van der Waals surface area contributed by atoms with Gasteiger partial charge in [-0.2, -0.15) is 0 Å². The van der Waals surface area contributed by atoms with Gasteiger partial charge in [-0.1, -0.05) is 25.1 Å². The summed E-state index contributed by atoms with van der Waals surface area (Å²) in [5.74, 6) is 1.71. The second-order valence-corrected chi connectivity index (χ2v) is 5.86. The van der Waals surface area contributed by atoms with Crippen LogP contribution in [0, 0.1) is 11.8 Å². The van der Waals surface area contributed by atoms with Gasteiger partial charge in [0.1, 0.15) is 0 Å². The number of hydrogen-bond acceptors (Lipinski definition) is 3. The lowest BCUT2D eigenvalue weighted by Crippen LogP contribution is -2.35. The summed E-state index contributed by atoms with van der Waals surface area (Å²) in [5.41, 5.74) is 0. The Bertz CT molecular complexity index is 383. The van der Waals surface area contributed by atoms with Gasteiger partial charge in [0.15, 0.2) is 0 Å². The molecule has 1 saturated heterocycles. The highest BCUT2D eigenvalue weighted by atomic mass is 32.2. The van der Waals surface area contributed by atoms with Crippen LogP contribution in [0.5, 0.6) is 0 Å². The summed E-state index contributed by atoms with van der Waals surface area (Å²) in [6, 6.07) is 10.3. The topological polar surface area (TPSA) is 41.1 Å². The lowest BCUT2D eigenvalue weighted by atomic mass is 9.97. The monoisotopic (exact) mass is 264 g/mol. The smallest absolute Gasteiger partial charge is 0.224 e. The van der Waals surface area contributed by atoms with Gasteiger partial charge in [-0.3, -0.25) is 4.79 Å². The third-order valence-corrected chi connectivity index (χ3v) is 4.28. The molecule has 1 aliphatic rings. The Hall–Kier alpha value is -1.00. The lowest BCUT2D eigenvalue weighted by molar-refractivity contribution is -0.125. The predicted molar refractivity (Wildman–Crippen MR) is 75.7 cm³/mol. The van der Waals surface area contributed by atoms with Gasteiger partial charge in [-0.25, -0.2) is 0 Å². The molecule has 1 amide bonds. The van der Waals surface area contributed by atoms with Crippen LogP contribution in [0.1, 0.15) is 6.92 Å². The van der Waals surface area contributed by atoms with Gasteiger partial charge < -0.3 is 10.6 Å². The average molecular weight is 264 g/mol. The molecule has 0 radical (unpaired) electrons. The average Bonchev–Trinajstić information content (AvgIpc) is 2.82. The third kappa shape index (κ3) is 3.75. The van der Waals surface area contributed by atoms with E-state index in [2.05, 4.69) is 29.7 Å². The Morgan fingerprint density at radius 1 is 1.39 bits per heavy atom. The minimum absolute atomic E-state index is 0.145. The first-order valence-corrected chi connectivity index (χ1v) is 7.42. The van der Waals surface area contributed by atoms with Crippen molar-refractivity contribution in [1.29, 1.82) is 0 Å². The van der Waals surface area contributed by atoms with Crippen molar-refractivity contribution >= 4 is 17.7 Å². The quantitative estimate of drug-likeness (QED) is 0.629. The second-order valence-electron chi connectivity index (χ2n) is 4.69. The maximum absolute atomic E-state index is 11.9. The Kier molecular flexibility index (Phi) is 5.08. The molecule has 1 aliphatic heterocycles. The summed E-state index contributed by atoms with van der Waals surface area (Å²) in [4.78, 5) is 13.2. The number of amides is 1. The molecule has 2 atom stereocenters. The fourth-order valence-electron chi connectivity index (χ4n) is 2.15. The van der Waals surface area contributed by atoms with Gasteiger partial charge in [0.25, 0.3) is 0 Å². The highest BCUT2D eigenvalue weighted by molar-refractivity contribution is 7.99. The number of rotatable bonds is 5. The number of nitrogens with one attached hydrogen (secondary N) is 2. The maximum Gasteiger partial charge on any atom is 0.224 e. The number of hydrogen-bond donors (Lipinski definition) is 2. The molecule has 1 heterocycles. The normalized spacial score (nSPS) is 22.9. The summed E-state index contributed by atoms with van der Waals surface area (Å²) in [5, 5.41) is 6.28. The van der Waals surface area contributed by atoms with E-state index in [1.807, 2.05) is 18.2 Å². The number of benzene rings is 1. The Morgan fingerprint density at radius 2 is 2.17 bits per heavy atom. The predicted octanol–water partition coefficient (Wildman–Crippen LogP) is 1.75. The summed E-state index contributed by atoms with van der Waals surface area (Å²) in [6.45, 7) is 4.64. The van der Waals surface area contributed by atoms with Crippen molar-refractivity contribution < 1.29 is 4.79 Å². The fourth-order valence-corrected chi connectivity index (χ4v) is 2.94. The molecule has 0 aliphatic carbocycles. The van der Waals surface area contributed by atoms with Crippen molar-refractivity contribution in [2.45, 2.75) is 11.8 Å². The second kappa shape index (κ2) is 6.81. The van der Waals surface area contributed by atoms with Crippen LogP contribution < -0.4 is 10.6 Å². The minimum atomic E-state index is 0.145. The molecule has 2 unspecified atom stereocenters. The summed E-state index contributed by atoms with van der Waals surface area (Å²) in [7, 11) is 0. The highest BCUT2D eigenvalue weighted by Gasteiger charge is 2.28. The van der Waals surface area contributed by atoms with Gasteiger partial charge in [0.2, 0.25) is 5.91 Å². The summed E-state index contributed by atoms with van der Waals surface area (Å²) >= 11 is 1.78. The van der Waals surface area contributed by atoms with E-state index in [0.29, 0.717) is 5.92 Å². The Balaban J connectivity index is 1.65. The SMILES string of the molecule is CC1CNCC1C(=O)NCCSc1ccccc1. The minimum Gasteiger partial charge on any atom is -0.355 e. The third-order valence-electron chi connectivity index (χ3n) is 3.27. The fraction of sp³-hybridized carbons (Fsp3) is 0.500. The molecule has 98 valence electrons.